The van der Waals surface area contributed by atoms with Crippen LogP contribution in [-0.4, -0.2) is 69.0 Å². The number of carbonyl (C=O) groups is 2. The van der Waals surface area contributed by atoms with Crippen LogP contribution in [0.4, 0.5) is 4.39 Å². The Kier molecular flexibility index (Phi) is 7.21. The van der Waals surface area contributed by atoms with Gasteiger partial charge in [0.25, 0.3) is 5.91 Å². The lowest BCUT2D eigenvalue weighted by Gasteiger charge is -2.31. The minimum atomic E-state index is -0.335. The molecule has 1 fully saturated rings. The van der Waals surface area contributed by atoms with E-state index in [-0.39, 0.29) is 30.2 Å². The van der Waals surface area contributed by atoms with Gasteiger partial charge in [0.2, 0.25) is 5.91 Å². The van der Waals surface area contributed by atoms with E-state index in [1.54, 1.807) is 18.1 Å². The molecule has 6 nitrogen and oxygen atoms in total. The summed E-state index contributed by atoms with van der Waals surface area (Å²) in [5.41, 5.74) is 0.610. The number of fused-ring (bicyclic) bond motifs is 1. The van der Waals surface area contributed by atoms with Gasteiger partial charge in [-0.2, -0.15) is 0 Å². The summed E-state index contributed by atoms with van der Waals surface area (Å²) in [5, 5.41) is 3.44. The van der Waals surface area contributed by atoms with Gasteiger partial charge in [-0.15, -0.1) is 11.3 Å². The van der Waals surface area contributed by atoms with E-state index in [0.717, 1.165) is 11.2 Å². The van der Waals surface area contributed by atoms with E-state index in [9.17, 15) is 14.0 Å². The topological polar surface area (TPSA) is 61.9 Å². The van der Waals surface area contributed by atoms with Gasteiger partial charge in [0.05, 0.1) is 11.5 Å². The van der Waals surface area contributed by atoms with Gasteiger partial charge < -0.3 is 19.9 Å². The van der Waals surface area contributed by atoms with Crippen molar-refractivity contribution in [3.8, 4) is 0 Å². The molecule has 1 aromatic carbocycles. The first kappa shape index (κ1) is 21.7. The Labute approximate surface area is 174 Å². The summed E-state index contributed by atoms with van der Waals surface area (Å²) in [6.45, 7) is 2.65. The fraction of sp³-hybridized carbons (Fsp3) is 0.524. The predicted molar refractivity (Wildman–Crippen MR) is 113 cm³/mol. The molecule has 0 unspecified atom stereocenters. The molecule has 0 bridgehead atoms. The first-order valence-electron chi connectivity index (χ1n) is 9.83. The molecule has 0 aliphatic carbocycles. The Morgan fingerprint density at radius 3 is 2.69 bits per heavy atom. The Morgan fingerprint density at radius 2 is 2.03 bits per heavy atom. The zero-order valence-electron chi connectivity index (χ0n) is 17.2. The predicted octanol–water partition coefficient (Wildman–Crippen LogP) is 2.72. The monoisotopic (exact) mass is 421 g/mol. The standard InChI is InChI=1S/C21H28FN3O3S/c1-24(2)12-9-23-20(26)14-7-10-25(11-8-14)21(27)19-15(13-28-3)18-16(22)5-4-6-17(18)29-19/h4-6,14H,7-13H2,1-3H3,(H,23,26). The van der Waals surface area contributed by atoms with Crippen molar-refractivity contribution < 1.29 is 18.7 Å². The molecule has 2 aromatic rings. The zero-order chi connectivity index (χ0) is 21.0. The summed E-state index contributed by atoms with van der Waals surface area (Å²) in [7, 11) is 5.47. The average molecular weight is 422 g/mol. The lowest BCUT2D eigenvalue weighted by molar-refractivity contribution is -0.126. The van der Waals surface area contributed by atoms with Crippen molar-refractivity contribution >= 4 is 33.2 Å². The maximum Gasteiger partial charge on any atom is 0.264 e. The highest BCUT2D eigenvalue weighted by Crippen LogP contribution is 2.35. The van der Waals surface area contributed by atoms with Crippen LogP contribution in [0, 0.1) is 11.7 Å². The second-order valence-corrected chi connectivity index (χ2v) is 8.67. The first-order chi connectivity index (χ1) is 13.9. The van der Waals surface area contributed by atoms with E-state index in [2.05, 4.69) is 5.32 Å². The molecule has 2 heterocycles. The second-order valence-electron chi connectivity index (χ2n) is 7.62. The number of ether oxygens (including phenoxy) is 1. The summed E-state index contributed by atoms with van der Waals surface area (Å²) >= 11 is 1.31. The normalized spacial score (nSPS) is 15.3. The highest BCUT2D eigenvalue weighted by molar-refractivity contribution is 7.21. The summed E-state index contributed by atoms with van der Waals surface area (Å²) in [5.74, 6) is -0.454. The van der Waals surface area contributed by atoms with Crippen molar-refractivity contribution in [1.29, 1.82) is 0 Å². The van der Waals surface area contributed by atoms with Crippen molar-refractivity contribution in [2.45, 2.75) is 19.4 Å². The molecular formula is C21H28FN3O3S. The number of halogens is 1. The molecule has 0 spiro atoms. The number of rotatable bonds is 7. The Balaban J connectivity index is 1.67. The molecule has 1 N–H and O–H groups in total. The van der Waals surface area contributed by atoms with Gasteiger partial charge in [-0.1, -0.05) is 6.07 Å². The molecule has 0 saturated carbocycles. The van der Waals surface area contributed by atoms with Crippen LogP contribution in [0.15, 0.2) is 18.2 Å². The number of likely N-dealkylation sites (tertiary alicyclic amines) is 1. The molecule has 158 valence electrons. The molecule has 0 atom stereocenters. The minimum absolute atomic E-state index is 0.0583. The SMILES string of the molecule is COCc1c(C(=O)N2CCC(C(=O)NCCN(C)C)CC2)sc2cccc(F)c12. The first-order valence-corrected chi connectivity index (χ1v) is 10.6. The summed E-state index contributed by atoms with van der Waals surface area (Å²) < 4.78 is 20.3. The number of likely N-dealkylation sites (N-methyl/N-ethyl adjacent to an activating group) is 1. The van der Waals surface area contributed by atoms with Crippen LogP contribution in [-0.2, 0) is 16.1 Å². The fourth-order valence-corrected chi connectivity index (χ4v) is 4.85. The fourth-order valence-electron chi connectivity index (χ4n) is 3.66. The molecule has 1 aromatic heterocycles. The maximum absolute atomic E-state index is 14.4. The smallest absolute Gasteiger partial charge is 0.264 e. The van der Waals surface area contributed by atoms with Gasteiger partial charge in [0.15, 0.2) is 0 Å². The second kappa shape index (κ2) is 9.65. The third-order valence-corrected chi connectivity index (χ3v) is 6.44. The van der Waals surface area contributed by atoms with Crippen molar-refractivity contribution in [2.24, 2.45) is 5.92 Å². The number of thiophene rings is 1. The Bertz CT molecular complexity index is 875. The average Bonchev–Trinajstić information content (AvgIpc) is 3.07. The van der Waals surface area contributed by atoms with Crippen molar-refractivity contribution in [3.63, 3.8) is 0 Å². The molecule has 1 saturated heterocycles. The van der Waals surface area contributed by atoms with Crippen LogP contribution < -0.4 is 5.32 Å². The lowest BCUT2D eigenvalue weighted by Crippen LogP contribution is -2.44. The van der Waals surface area contributed by atoms with Crippen molar-refractivity contribution in [3.05, 3.63) is 34.5 Å². The lowest BCUT2D eigenvalue weighted by atomic mass is 9.95. The number of methoxy groups -OCH3 is 1. The molecule has 1 aliphatic rings. The van der Waals surface area contributed by atoms with Crippen LogP contribution in [0.25, 0.3) is 10.1 Å². The van der Waals surface area contributed by atoms with E-state index in [4.69, 9.17) is 4.74 Å². The van der Waals surface area contributed by atoms with E-state index < -0.39 is 0 Å². The number of piperidine rings is 1. The number of hydrogen-bond donors (Lipinski definition) is 1. The largest absolute Gasteiger partial charge is 0.380 e. The van der Waals surface area contributed by atoms with Crippen molar-refractivity contribution in [2.75, 3.05) is 47.4 Å². The molecule has 0 radical (unpaired) electrons. The van der Waals surface area contributed by atoms with Crippen LogP contribution in [0.1, 0.15) is 28.1 Å². The quantitative estimate of drug-likeness (QED) is 0.747. The number of nitrogens with one attached hydrogen (secondary N) is 1. The van der Waals surface area contributed by atoms with Gasteiger partial charge in [0, 0.05) is 54.9 Å². The van der Waals surface area contributed by atoms with Crippen LogP contribution >= 0.6 is 11.3 Å². The highest BCUT2D eigenvalue weighted by atomic mass is 32.1. The van der Waals surface area contributed by atoms with Crippen LogP contribution in [0.3, 0.4) is 0 Å². The number of nitrogens with zero attached hydrogens (tertiary/aromatic N) is 2. The van der Waals surface area contributed by atoms with Gasteiger partial charge in [-0.3, -0.25) is 9.59 Å². The third-order valence-electron chi connectivity index (χ3n) is 5.26. The third kappa shape index (κ3) is 4.94. The minimum Gasteiger partial charge on any atom is -0.380 e. The van der Waals surface area contributed by atoms with Crippen LogP contribution in [0.2, 0.25) is 0 Å². The highest BCUT2D eigenvalue weighted by Gasteiger charge is 2.30. The molecule has 3 rings (SSSR count). The van der Waals surface area contributed by atoms with Gasteiger partial charge in [0.1, 0.15) is 5.82 Å². The van der Waals surface area contributed by atoms with E-state index in [1.165, 1.54) is 17.4 Å². The van der Waals surface area contributed by atoms with E-state index in [1.807, 2.05) is 25.1 Å². The summed E-state index contributed by atoms with van der Waals surface area (Å²) in [6, 6.07) is 4.88. The molecule has 1 aliphatic heterocycles. The molecule has 29 heavy (non-hydrogen) atoms. The summed E-state index contributed by atoms with van der Waals surface area (Å²) in [6.07, 6.45) is 1.27. The summed E-state index contributed by atoms with van der Waals surface area (Å²) in [4.78, 5) is 29.8. The Hall–Kier alpha value is -2.03. The van der Waals surface area contributed by atoms with E-state index in [0.29, 0.717) is 48.3 Å². The molecule has 2 amide bonds. The van der Waals surface area contributed by atoms with Crippen LogP contribution in [0.5, 0.6) is 0 Å². The molecular weight excluding hydrogens is 393 g/mol. The number of amides is 2. The molecule has 8 heteroatoms. The van der Waals surface area contributed by atoms with Crippen molar-refractivity contribution in [1.82, 2.24) is 15.1 Å². The maximum atomic E-state index is 14.4. The number of benzene rings is 1. The van der Waals surface area contributed by atoms with Gasteiger partial charge >= 0.3 is 0 Å². The van der Waals surface area contributed by atoms with Gasteiger partial charge in [-0.05, 0) is 39.1 Å². The number of hydrogen-bond acceptors (Lipinski definition) is 5. The van der Waals surface area contributed by atoms with Gasteiger partial charge in [-0.25, -0.2) is 4.39 Å². The zero-order valence-corrected chi connectivity index (χ0v) is 18.0. The van der Waals surface area contributed by atoms with E-state index >= 15 is 0 Å². The number of carbonyl (C=O) groups excluding carboxylic acids is 2. The Morgan fingerprint density at radius 1 is 1.31 bits per heavy atom.